The number of carbonyl (C=O) groups excluding carboxylic acids is 1. The van der Waals surface area contributed by atoms with E-state index < -0.39 is 0 Å². The van der Waals surface area contributed by atoms with E-state index in [1.54, 1.807) is 12.1 Å². The summed E-state index contributed by atoms with van der Waals surface area (Å²) in [6, 6.07) is 6.85. The highest BCUT2D eigenvalue weighted by atomic mass is 35.5. The van der Waals surface area contributed by atoms with Gasteiger partial charge in [0.15, 0.2) is 0 Å². The number of rotatable bonds is 4. The van der Waals surface area contributed by atoms with Crippen LogP contribution in [0.1, 0.15) is 25.3 Å². The fourth-order valence-electron chi connectivity index (χ4n) is 2.50. The summed E-state index contributed by atoms with van der Waals surface area (Å²) >= 11 is 0. The van der Waals surface area contributed by atoms with Gasteiger partial charge in [-0.3, -0.25) is 4.79 Å². The zero-order valence-corrected chi connectivity index (χ0v) is 12.5. The Balaban J connectivity index is 0.00000200. The van der Waals surface area contributed by atoms with Gasteiger partial charge in [0.2, 0.25) is 5.91 Å². The number of benzene rings is 1. The first kappa shape index (κ1) is 16.9. The first-order valence-corrected chi connectivity index (χ1v) is 6.85. The topological polar surface area (TPSA) is 46.3 Å². The largest absolute Gasteiger partial charge is 0.341 e. The number of halogens is 2. The highest BCUT2D eigenvalue weighted by Crippen LogP contribution is 2.17. The van der Waals surface area contributed by atoms with Crippen LogP contribution in [0.2, 0.25) is 0 Å². The predicted molar refractivity (Wildman–Crippen MR) is 80.3 cm³/mol. The van der Waals surface area contributed by atoms with Gasteiger partial charge >= 0.3 is 0 Å². The van der Waals surface area contributed by atoms with E-state index in [4.69, 9.17) is 5.73 Å². The highest BCUT2D eigenvalue weighted by molar-refractivity contribution is 5.85. The maximum Gasteiger partial charge on any atom is 0.225 e. The van der Waals surface area contributed by atoms with Crippen LogP contribution < -0.4 is 5.73 Å². The van der Waals surface area contributed by atoms with Crippen LogP contribution in [0.15, 0.2) is 24.3 Å². The van der Waals surface area contributed by atoms with Crippen molar-refractivity contribution < 1.29 is 9.18 Å². The number of nitrogens with two attached hydrogens (primary N) is 1. The number of nitrogens with zero attached hydrogens (tertiary/aromatic N) is 1. The van der Waals surface area contributed by atoms with Crippen molar-refractivity contribution in [3.63, 3.8) is 0 Å². The van der Waals surface area contributed by atoms with Gasteiger partial charge in [-0.15, -0.1) is 12.4 Å². The molecule has 0 bridgehead atoms. The predicted octanol–water partition coefficient (Wildman–Crippen LogP) is 2.38. The second-order valence-corrected chi connectivity index (χ2v) is 5.36. The molecule has 1 aromatic rings. The minimum absolute atomic E-state index is 0. The Hall–Kier alpha value is -1.13. The summed E-state index contributed by atoms with van der Waals surface area (Å²) in [6.45, 7) is 3.32. The summed E-state index contributed by atoms with van der Waals surface area (Å²) in [5.74, 6) is -0.125. The molecule has 1 aliphatic heterocycles. The molecule has 2 rings (SSSR count). The van der Waals surface area contributed by atoms with Gasteiger partial charge < -0.3 is 10.6 Å². The third kappa shape index (κ3) is 4.18. The van der Waals surface area contributed by atoms with Crippen molar-refractivity contribution >= 4 is 18.3 Å². The summed E-state index contributed by atoms with van der Waals surface area (Å²) < 4.78 is 13.5. The average Bonchev–Trinajstić information content (AvgIpc) is 2.83. The number of hydrogen-bond acceptors (Lipinski definition) is 2. The van der Waals surface area contributed by atoms with Gasteiger partial charge in [0, 0.05) is 25.0 Å². The van der Waals surface area contributed by atoms with Gasteiger partial charge in [0.1, 0.15) is 5.82 Å². The first-order valence-electron chi connectivity index (χ1n) is 6.85. The maximum absolute atomic E-state index is 13.5. The van der Waals surface area contributed by atoms with Gasteiger partial charge in [0.05, 0.1) is 0 Å². The van der Waals surface area contributed by atoms with E-state index in [2.05, 4.69) is 0 Å². The van der Waals surface area contributed by atoms with Crippen LogP contribution in [0.3, 0.4) is 0 Å². The van der Waals surface area contributed by atoms with Crippen LogP contribution in [0.4, 0.5) is 4.39 Å². The molecule has 1 heterocycles. The monoisotopic (exact) mass is 300 g/mol. The quantitative estimate of drug-likeness (QED) is 0.928. The zero-order valence-electron chi connectivity index (χ0n) is 11.7. The third-order valence-corrected chi connectivity index (χ3v) is 3.76. The summed E-state index contributed by atoms with van der Waals surface area (Å²) in [6.07, 6.45) is 2.15. The van der Waals surface area contributed by atoms with Gasteiger partial charge in [-0.1, -0.05) is 25.1 Å². The minimum atomic E-state index is -0.189. The van der Waals surface area contributed by atoms with Gasteiger partial charge in [-0.25, -0.2) is 4.39 Å². The van der Waals surface area contributed by atoms with Crippen LogP contribution >= 0.6 is 12.4 Å². The van der Waals surface area contributed by atoms with E-state index in [1.807, 2.05) is 17.9 Å². The maximum atomic E-state index is 13.5. The van der Waals surface area contributed by atoms with E-state index >= 15 is 0 Å². The zero-order chi connectivity index (χ0) is 13.8. The third-order valence-electron chi connectivity index (χ3n) is 3.76. The van der Waals surface area contributed by atoms with E-state index in [0.29, 0.717) is 24.9 Å². The summed E-state index contributed by atoms with van der Waals surface area (Å²) in [4.78, 5) is 14.0. The van der Waals surface area contributed by atoms with Gasteiger partial charge in [-0.2, -0.15) is 0 Å². The van der Waals surface area contributed by atoms with Crippen molar-refractivity contribution in [3.8, 4) is 0 Å². The fourth-order valence-corrected chi connectivity index (χ4v) is 2.50. The molecule has 1 fully saturated rings. The number of hydrogen-bond donors (Lipinski definition) is 1. The Bertz CT molecular complexity index is 455. The Labute approximate surface area is 125 Å². The minimum Gasteiger partial charge on any atom is -0.341 e. The fraction of sp³-hybridized carbons (Fsp3) is 0.533. The molecule has 0 aliphatic carbocycles. The standard InChI is InChI=1S/C15H21FN2O.ClH/c1-11(15(19)18-9-8-13(17)10-18)6-7-12-4-2-3-5-14(12)16;/h2-5,11,13H,6-10,17H2,1H3;1H. The molecule has 1 amide bonds. The van der Waals surface area contributed by atoms with E-state index in [9.17, 15) is 9.18 Å². The average molecular weight is 301 g/mol. The number of aryl methyl sites for hydroxylation is 1. The molecule has 2 atom stereocenters. The Morgan fingerprint density at radius 2 is 2.20 bits per heavy atom. The molecule has 20 heavy (non-hydrogen) atoms. The molecule has 0 radical (unpaired) electrons. The lowest BCUT2D eigenvalue weighted by atomic mass is 9.99. The van der Waals surface area contributed by atoms with Crippen molar-refractivity contribution in [2.75, 3.05) is 13.1 Å². The Morgan fingerprint density at radius 3 is 2.80 bits per heavy atom. The van der Waals surface area contributed by atoms with Crippen molar-refractivity contribution in [3.05, 3.63) is 35.6 Å². The lowest BCUT2D eigenvalue weighted by Crippen LogP contribution is -2.35. The number of likely N-dealkylation sites (tertiary alicyclic amines) is 1. The molecule has 3 nitrogen and oxygen atoms in total. The van der Waals surface area contributed by atoms with Crippen molar-refractivity contribution in [1.29, 1.82) is 0 Å². The lowest BCUT2D eigenvalue weighted by Gasteiger charge is -2.20. The molecular weight excluding hydrogens is 279 g/mol. The highest BCUT2D eigenvalue weighted by Gasteiger charge is 2.26. The normalized spacial score (nSPS) is 19.6. The second kappa shape index (κ2) is 7.60. The van der Waals surface area contributed by atoms with Gasteiger partial charge in [-0.05, 0) is 30.9 Å². The molecule has 112 valence electrons. The van der Waals surface area contributed by atoms with Crippen LogP contribution in [-0.2, 0) is 11.2 Å². The first-order chi connectivity index (χ1) is 9.08. The molecule has 1 saturated heterocycles. The van der Waals surface area contributed by atoms with Crippen LogP contribution in [0.5, 0.6) is 0 Å². The second-order valence-electron chi connectivity index (χ2n) is 5.36. The number of amides is 1. The van der Waals surface area contributed by atoms with E-state index in [1.165, 1.54) is 6.07 Å². The van der Waals surface area contributed by atoms with Crippen molar-refractivity contribution in [1.82, 2.24) is 4.90 Å². The molecule has 2 N–H and O–H groups in total. The summed E-state index contributed by atoms with van der Waals surface area (Å²) in [5.41, 5.74) is 6.49. The molecule has 0 saturated carbocycles. The Kier molecular flexibility index (Phi) is 6.43. The van der Waals surface area contributed by atoms with Crippen LogP contribution in [-0.4, -0.2) is 29.9 Å². The van der Waals surface area contributed by atoms with Crippen molar-refractivity contribution in [2.24, 2.45) is 11.7 Å². The molecule has 0 aromatic heterocycles. The molecule has 1 aromatic carbocycles. The van der Waals surface area contributed by atoms with Crippen LogP contribution in [0.25, 0.3) is 0 Å². The Morgan fingerprint density at radius 1 is 1.50 bits per heavy atom. The van der Waals surface area contributed by atoms with E-state index in [-0.39, 0.29) is 36.1 Å². The molecule has 0 spiro atoms. The molecule has 5 heteroatoms. The molecular formula is C15H22ClFN2O. The molecule has 2 unspecified atom stereocenters. The van der Waals surface area contributed by atoms with E-state index in [0.717, 1.165) is 13.0 Å². The van der Waals surface area contributed by atoms with Crippen LogP contribution in [0, 0.1) is 11.7 Å². The summed E-state index contributed by atoms with van der Waals surface area (Å²) in [5, 5.41) is 0. The molecule has 1 aliphatic rings. The summed E-state index contributed by atoms with van der Waals surface area (Å²) in [7, 11) is 0. The number of carbonyl (C=O) groups is 1. The smallest absolute Gasteiger partial charge is 0.225 e. The SMILES string of the molecule is CC(CCc1ccccc1F)C(=O)N1CCC(N)C1.Cl. The lowest BCUT2D eigenvalue weighted by molar-refractivity contribution is -0.134. The van der Waals surface area contributed by atoms with Crippen molar-refractivity contribution in [2.45, 2.75) is 32.2 Å². The van der Waals surface area contributed by atoms with Gasteiger partial charge in [0.25, 0.3) is 0 Å².